The highest BCUT2D eigenvalue weighted by Crippen LogP contribution is 2.34. The summed E-state index contributed by atoms with van der Waals surface area (Å²) in [5, 5.41) is 8.58. The number of hydrogen-bond acceptors (Lipinski definition) is 3. The SMILES string of the molecule is Cc1cccc(C(=N)S(=O)C(C)(C)C)c1Sc1ccccc1. The van der Waals surface area contributed by atoms with Gasteiger partial charge >= 0.3 is 0 Å². The van der Waals surface area contributed by atoms with Gasteiger partial charge in [-0.05, 0) is 45.4 Å². The summed E-state index contributed by atoms with van der Waals surface area (Å²) in [5.74, 6) is 0. The summed E-state index contributed by atoms with van der Waals surface area (Å²) in [6.45, 7) is 7.73. The van der Waals surface area contributed by atoms with Crippen LogP contribution in [0.2, 0.25) is 0 Å². The molecule has 1 atom stereocenters. The molecule has 2 aromatic carbocycles. The Morgan fingerprint density at radius 1 is 1.05 bits per heavy atom. The van der Waals surface area contributed by atoms with Gasteiger partial charge < -0.3 is 0 Å². The van der Waals surface area contributed by atoms with Crippen molar-refractivity contribution in [2.75, 3.05) is 0 Å². The van der Waals surface area contributed by atoms with E-state index in [4.69, 9.17) is 5.41 Å². The number of aryl methyl sites for hydroxylation is 1. The standard InChI is InChI=1S/C18H21NOS2/c1-13-9-8-12-15(17(19)22(20)18(2,3)4)16(13)21-14-10-6-5-7-11-14/h5-12,19H,1-4H3. The van der Waals surface area contributed by atoms with Crippen LogP contribution in [-0.4, -0.2) is 14.0 Å². The van der Waals surface area contributed by atoms with Crippen LogP contribution < -0.4 is 0 Å². The molecule has 2 rings (SSSR count). The van der Waals surface area contributed by atoms with E-state index in [0.717, 1.165) is 20.9 Å². The molecule has 1 unspecified atom stereocenters. The molecule has 0 saturated heterocycles. The van der Waals surface area contributed by atoms with E-state index in [2.05, 4.69) is 0 Å². The Kier molecular flexibility index (Phi) is 5.24. The van der Waals surface area contributed by atoms with Gasteiger partial charge in [0.15, 0.2) is 0 Å². The average molecular weight is 332 g/mol. The third-order valence-electron chi connectivity index (χ3n) is 3.16. The van der Waals surface area contributed by atoms with Gasteiger partial charge in [-0.25, -0.2) is 0 Å². The van der Waals surface area contributed by atoms with Crippen LogP contribution in [0, 0.1) is 12.3 Å². The van der Waals surface area contributed by atoms with E-state index in [1.165, 1.54) is 0 Å². The number of hydrogen-bond donors (Lipinski definition) is 1. The third-order valence-corrected chi connectivity index (χ3v) is 6.12. The van der Waals surface area contributed by atoms with Gasteiger partial charge in [0.1, 0.15) is 5.04 Å². The molecule has 4 heteroatoms. The summed E-state index contributed by atoms with van der Waals surface area (Å²) in [6, 6.07) is 15.9. The first-order chi connectivity index (χ1) is 10.3. The molecule has 0 aliphatic heterocycles. The van der Waals surface area contributed by atoms with Crippen LogP contribution in [0.1, 0.15) is 31.9 Å². The van der Waals surface area contributed by atoms with Gasteiger partial charge in [-0.3, -0.25) is 9.62 Å². The van der Waals surface area contributed by atoms with E-state index in [9.17, 15) is 4.21 Å². The third kappa shape index (κ3) is 3.87. The second-order valence-electron chi connectivity index (χ2n) is 6.08. The van der Waals surface area contributed by atoms with Crippen molar-refractivity contribution in [2.24, 2.45) is 0 Å². The monoisotopic (exact) mass is 331 g/mol. The zero-order valence-corrected chi connectivity index (χ0v) is 15.0. The van der Waals surface area contributed by atoms with E-state index in [-0.39, 0.29) is 5.04 Å². The predicted octanol–water partition coefficient (Wildman–Crippen LogP) is 5.02. The minimum Gasteiger partial charge on any atom is -0.291 e. The summed E-state index contributed by atoms with van der Waals surface area (Å²) in [4.78, 5) is 2.13. The topological polar surface area (TPSA) is 40.9 Å². The van der Waals surface area contributed by atoms with Gasteiger partial charge in [-0.2, -0.15) is 0 Å². The van der Waals surface area contributed by atoms with Gasteiger partial charge in [0.05, 0.1) is 10.8 Å². The molecule has 0 radical (unpaired) electrons. The lowest BCUT2D eigenvalue weighted by Gasteiger charge is -2.20. The molecule has 0 aliphatic carbocycles. The summed E-state index contributed by atoms with van der Waals surface area (Å²) in [7, 11) is -1.34. The van der Waals surface area contributed by atoms with Crippen LogP contribution in [0.25, 0.3) is 0 Å². The number of rotatable bonds is 3. The van der Waals surface area contributed by atoms with Gasteiger partial charge in [0, 0.05) is 20.1 Å². The summed E-state index contributed by atoms with van der Waals surface area (Å²) < 4.78 is 12.1. The fourth-order valence-electron chi connectivity index (χ4n) is 1.98. The minimum atomic E-state index is -1.34. The highest BCUT2D eigenvalue weighted by Gasteiger charge is 2.26. The Bertz CT molecular complexity index is 703. The molecule has 0 saturated carbocycles. The molecule has 0 spiro atoms. The zero-order chi connectivity index (χ0) is 16.3. The highest BCUT2D eigenvalue weighted by atomic mass is 32.2. The lowest BCUT2D eigenvalue weighted by atomic mass is 10.1. The molecule has 22 heavy (non-hydrogen) atoms. The fourth-order valence-corrected chi connectivity index (χ4v) is 4.06. The molecule has 2 aromatic rings. The maximum atomic E-state index is 12.6. The van der Waals surface area contributed by atoms with Crippen molar-refractivity contribution in [1.82, 2.24) is 0 Å². The van der Waals surface area contributed by atoms with Gasteiger partial charge in [0.2, 0.25) is 0 Å². The lowest BCUT2D eigenvalue weighted by Crippen LogP contribution is -2.28. The maximum absolute atomic E-state index is 12.6. The zero-order valence-electron chi connectivity index (χ0n) is 13.3. The summed E-state index contributed by atoms with van der Waals surface area (Å²) in [6.07, 6.45) is 0. The highest BCUT2D eigenvalue weighted by molar-refractivity contribution is 8.02. The number of nitrogens with one attached hydrogen (secondary N) is 1. The normalized spacial score (nSPS) is 12.9. The second kappa shape index (κ2) is 6.80. The lowest BCUT2D eigenvalue weighted by molar-refractivity contribution is 0.658. The van der Waals surface area contributed by atoms with Crippen molar-refractivity contribution in [1.29, 1.82) is 5.41 Å². The average Bonchev–Trinajstić information content (AvgIpc) is 2.48. The Balaban J connectivity index is 2.43. The molecule has 0 aromatic heterocycles. The number of benzene rings is 2. The molecule has 0 fully saturated rings. The van der Waals surface area contributed by atoms with Gasteiger partial charge in [-0.1, -0.05) is 48.2 Å². The van der Waals surface area contributed by atoms with Crippen molar-refractivity contribution >= 4 is 27.6 Å². The Morgan fingerprint density at radius 2 is 1.68 bits per heavy atom. The second-order valence-corrected chi connectivity index (χ2v) is 9.33. The van der Waals surface area contributed by atoms with Crippen LogP contribution in [0.15, 0.2) is 58.3 Å². The molecule has 0 heterocycles. The van der Waals surface area contributed by atoms with Gasteiger partial charge in [0.25, 0.3) is 0 Å². The van der Waals surface area contributed by atoms with Crippen LogP contribution in [0.4, 0.5) is 0 Å². The van der Waals surface area contributed by atoms with Crippen molar-refractivity contribution in [3.63, 3.8) is 0 Å². The summed E-state index contributed by atoms with van der Waals surface area (Å²) in [5.41, 5.74) is 1.86. The first kappa shape index (κ1) is 17.0. The Hall–Kier alpha value is -1.39. The predicted molar refractivity (Wildman–Crippen MR) is 96.5 cm³/mol. The summed E-state index contributed by atoms with van der Waals surface area (Å²) >= 11 is 1.62. The van der Waals surface area contributed by atoms with Crippen LogP contribution in [0.5, 0.6) is 0 Å². The van der Waals surface area contributed by atoms with E-state index >= 15 is 0 Å². The van der Waals surface area contributed by atoms with Crippen molar-refractivity contribution in [3.8, 4) is 0 Å². The van der Waals surface area contributed by atoms with E-state index in [1.54, 1.807) is 11.8 Å². The van der Waals surface area contributed by atoms with E-state index < -0.39 is 15.5 Å². The van der Waals surface area contributed by atoms with Gasteiger partial charge in [-0.15, -0.1) is 0 Å². The smallest absolute Gasteiger partial charge is 0.127 e. The minimum absolute atomic E-state index is 0.203. The van der Waals surface area contributed by atoms with E-state index in [1.807, 2.05) is 76.2 Å². The Morgan fingerprint density at radius 3 is 2.27 bits per heavy atom. The van der Waals surface area contributed by atoms with Crippen molar-refractivity contribution in [2.45, 2.75) is 42.2 Å². The fraction of sp³-hybridized carbons (Fsp3) is 0.278. The first-order valence-corrected chi connectivity index (χ1v) is 9.10. The van der Waals surface area contributed by atoms with Crippen molar-refractivity contribution < 1.29 is 4.21 Å². The van der Waals surface area contributed by atoms with E-state index in [0.29, 0.717) is 0 Å². The molecular formula is C18H21NOS2. The molecular weight excluding hydrogens is 310 g/mol. The quantitative estimate of drug-likeness (QED) is 0.634. The maximum Gasteiger partial charge on any atom is 0.127 e. The first-order valence-electron chi connectivity index (χ1n) is 7.14. The molecule has 1 N–H and O–H groups in total. The Labute approximate surface area is 139 Å². The molecule has 0 amide bonds. The molecule has 116 valence electrons. The van der Waals surface area contributed by atoms with Crippen molar-refractivity contribution in [3.05, 3.63) is 59.7 Å². The van der Waals surface area contributed by atoms with Crippen LogP contribution >= 0.6 is 11.8 Å². The molecule has 2 nitrogen and oxygen atoms in total. The van der Waals surface area contributed by atoms with Crippen LogP contribution in [0.3, 0.4) is 0 Å². The van der Waals surface area contributed by atoms with Crippen LogP contribution in [-0.2, 0) is 10.8 Å². The largest absolute Gasteiger partial charge is 0.291 e. The molecule has 0 aliphatic rings. The molecule has 0 bridgehead atoms.